The number of benzene rings is 1. The molecule has 0 aliphatic rings. The van der Waals surface area contributed by atoms with Crippen LogP contribution in [0.3, 0.4) is 0 Å². The first-order valence-electron chi connectivity index (χ1n) is 5.37. The van der Waals surface area contributed by atoms with Crippen LogP contribution in [-0.2, 0) is 6.42 Å². The molecule has 1 unspecified atom stereocenters. The smallest absolute Gasteiger partial charge is 0.130 e. The lowest BCUT2D eigenvalue weighted by Gasteiger charge is -2.14. The molecule has 0 saturated heterocycles. The Balaban J connectivity index is 2.28. The van der Waals surface area contributed by atoms with Gasteiger partial charge in [0.1, 0.15) is 11.6 Å². The zero-order valence-electron chi connectivity index (χ0n) is 9.41. The highest BCUT2D eigenvalue weighted by molar-refractivity contribution is 6.31. The molecule has 94 valence electrons. The standard InChI is InChI=1S/C13H11ClF2N2/c14-9-7-18-5-4-8(9)6-12(17)13-10(15)2-1-3-11(13)16/h1-5,7,12H,6,17H2. The number of nitrogens with two attached hydrogens (primary N) is 1. The van der Waals surface area contributed by atoms with Crippen LogP contribution in [0.4, 0.5) is 8.78 Å². The van der Waals surface area contributed by atoms with Gasteiger partial charge in [-0.25, -0.2) is 8.78 Å². The van der Waals surface area contributed by atoms with E-state index in [1.165, 1.54) is 24.4 Å². The van der Waals surface area contributed by atoms with Gasteiger partial charge in [-0.05, 0) is 30.2 Å². The maximum Gasteiger partial charge on any atom is 0.130 e. The van der Waals surface area contributed by atoms with Crippen LogP contribution in [0, 0.1) is 11.6 Å². The molecule has 0 spiro atoms. The van der Waals surface area contributed by atoms with E-state index >= 15 is 0 Å². The van der Waals surface area contributed by atoms with E-state index in [0.29, 0.717) is 10.6 Å². The highest BCUT2D eigenvalue weighted by Crippen LogP contribution is 2.24. The van der Waals surface area contributed by atoms with E-state index in [0.717, 1.165) is 0 Å². The highest BCUT2D eigenvalue weighted by Gasteiger charge is 2.17. The lowest BCUT2D eigenvalue weighted by molar-refractivity contribution is 0.524. The van der Waals surface area contributed by atoms with E-state index < -0.39 is 17.7 Å². The summed E-state index contributed by atoms with van der Waals surface area (Å²) in [5, 5.41) is 0.435. The number of hydrogen-bond donors (Lipinski definition) is 1. The number of pyridine rings is 1. The zero-order valence-corrected chi connectivity index (χ0v) is 10.2. The third kappa shape index (κ3) is 2.66. The molecule has 2 nitrogen and oxygen atoms in total. The largest absolute Gasteiger partial charge is 0.323 e. The number of hydrogen-bond acceptors (Lipinski definition) is 2. The van der Waals surface area contributed by atoms with Gasteiger partial charge in [0, 0.05) is 24.0 Å². The summed E-state index contributed by atoms with van der Waals surface area (Å²) in [6.45, 7) is 0. The van der Waals surface area contributed by atoms with Crippen molar-refractivity contribution in [2.75, 3.05) is 0 Å². The highest BCUT2D eigenvalue weighted by atomic mass is 35.5. The Bertz CT molecular complexity index is 540. The van der Waals surface area contributed by atoms with E-state index in [9.17, 15) is 8.78 Å². The SMILES string of the molecule is NC(Cc1ccncc1Cl)c1c(F)cccc1F. The number of aromatic nitrogens is 1. The molecule has 2 N–H and O–H groups in total. The van der Waals surface area contributed by atoms with Crippen LogP contribution >= 0.6 is 11.6 Å². The van der Waals surface area contributed by atoms with Gasteiger partial charge in [0.05, 0.1) is 5.02 Å². The average molecular weight is 269 g/mol. The van der Waals surface area contributed by atoms with E-state index in [1.807, 2.05) is 0 Å². The maximum atomic E-state index is 13.5. The second kappa shape index (κ2) is 5.42. The van der Waals surface area contributed by atoms with Gasteiger partial charge in [0.25, 0.3) is 0 Å². The molecular formula is C13H11ClF2N2. The first-order chi connectivity index (χ1) is 8.59. The van der Waals surface area contributed by atoms with Crippen molar-refractivity contribution in [1.82, 2.24) is 4.98 Å². The van der Waals surface area contributed by atoms with Crippen LogP contribution in [0.25, 0.3) is 0 Å². The van der Waals surface area contributed by atoms with Crippen molar-refractivity contribution < 1.29 is 8.78 Å². The average Bonchev–Trinajstić information content (AvgIpc) is 2.32. The molecule has 0 radical (unpaired) electrons. The van der Waals surface area contributed by atoms with Crippen LogP contribution in [0.15, 0.2) is 36.7 Å². The molecule has 1 aromatic carbocycles. The van der Waals surface area contributed by atoms with Gasteiger partial charge in [0.2, 0.25) is 0 Å². The predicted octanol–water partition coefficient (Wildman–Crippen LogP) is 3.26. The summed E-state index contributed by atoms with van der Waals surface area (Å²) < 4.78 is 27.1. The van der Waals surface area contributed by atoms with E-state index in [1.54, 1.807) is 12.3 Å². The van der Waals surface area contributed by atoms with Crippen molar-refractivity contribution in [2.45, 2.75) is 12.5 Å². The molecular weight excluding hydrogens is 258 g/mol. The van der Waals surface area contributed by atoms with Gasteiger partial charge in [-0.1, -0.05) is 17.7 Å². The van der Waals surface area contributed by atoms with Gasteiger partial charge in [0.15, 0.2) is 0 Å². The van der Waals surface area contributed by atoms with Crippen molar-refractivity contribution in [3.63, 3.8) is 0 Å². The summed E-state index contributed by atoms with van der Waals surface area (Å²) in [5.74, 6) is -1.29. The van der Waals surface area contributed by atoms with Crippen LogP contribution in [0.5, 0.6) is 0 Å². The Hall–Kier alpha value is -1.52. The quantitative estimate of drug-likeness (QED) is 0.928. The first-order valence-corrected chi connectivity index (χ1v) is 5.75. The summed E-state index contributed by atoms with van der Waals surface area (Å²) in [7, 11) is 0. The predicted molar refractivity (Wildman–Crippen MR) is 66.2 cm³/mol. The third-order valence-corrected chi connectivity index (χ3v) is 3.01. The minimum Gasteiger partial charge on any atom is -0.323 e. The van der Waals surface area contributed by atoms with Crippen molar-refractivity contribution in [3.8, 4) is 0 Å². The Morgan fingerprint density at radius 3 is 2.50 bits per heavy atom. The lowest BCUT2D eigenvalue weighted by atomic mass is 9.99. The Morgan fingerprint density at radius 2 is 1.89 bits per heavy atom. The number of halogens is 3. The summed E-state index contributed by atoms with van der Waals surface area (Å²) in [6, 6.07) is 4.58. The molecule has 0 saturated carbocycles. The van der Waals surface area contributed by atoms with Crippen molar-refractivity contribution >= 4 is 11.6 Å². The van der Waals surface area contributed by atoms with Crippen molar-refractivity contribution in [2.24, 2.45) is 5.73 Å². The topological polar surface area (TPSA) is 38.9 Å². The normalized spacial score (nSPS) is 12.4. The van der Waals surface area contributed by atoms with Crippen LogP contribution in [0.1, 0.15) is 17.2 Å². The van der Waals surface area contributed by atoms with E-state index in [4.69, 9.17) is 17.3 Å². The molecule has 0 amide bonds. The molecule has 1 aromatic heterocycles. The minimum atomic E-state index is -0.786. The summed E-state index contributed by atoms with van der Waals surface area (Å²) in [6.07, 6.45) is 3.28. The first kappa shape index (κ1) is 12.9. The maximum absolute atomic E-state index is 13.5. The zero-order chi connectivity index (χ0) is 13.1. The van der Waals surface area contributed by atoms with Gasteiger partial charge in [-0.3, -0.25) is 4.98 Å². The molecule has 18 heavy (non-hydrogen) atoms. The number of rotatable bonds is 3. The van der Waals surface area contributed by atoms with Gasteiger partial charge in [-0.15, -0.1) is 0 Å². The summed E-state index contributed by atoms with van der Waals surface area (Å²) in [5.41, 5.74) is 6.43. The third-order valence-electron chi connectivity index (χ3n) is 2.67. The minimum absolute atomic E-state index is 0.120. The van der Waals surface area contributed by atoms with Crippen LogP contribution in [-0.4, -0.2) is 4.98 Å². The molecule has 1 heterocycles. The Morgan fingerprint density at radius 1 is 1.22 bits per heavy atom. The van der Waals surface area contributed by atoms with Gasteiger partial charge in [-0.2, -0.15) is 0 Å². The summed E-state index contributed by atoms with van der Waals surface area (Å²) in [4.78, 5) is 3.84. The lowest BCUT2D eigenvalue weighted by Crippen LogP contribution is -2.17. The van der Waals surface area contributed by atoms with Crippen molar-refractivity contribution in [1.29, 1.82) is 0 Å². The Kier molecular flexibility index (Phi) is 3.89. The Labute approximate surface area is 108 Å². The molecule has 5 heteroatoms. The summed E-state index contributed by atoms with van der Waals surface area (Å²) >= 11 is 5.93. The molecule has 0 fully saturated rings. The van der Waals surface area contributed by atoms with Crippen molar-refractivity contribution in [3.05, 3.63) is 64.4 Å². The molecule has 2 rings (SSSR count). The molecule has 0 bridgehead atoms. The molecule has 2 aromatic rings. The van der Waals surface area contributed by atoms with E-state index in [-0.39, 0.29) is 12.0 Å². The monoisotopic (exact) mass is 268 g/mol. The van der Waals surface area contributed by atoms with E-state index in [2.05, 4.69) is 4.98 Å². The van der Waals surface area contributed by atoms with Gasteiger partial charge < -0.3 is 5.73 Å². The second-order valence-corrected chi connectivity index (χ2v) is 4.32. The molecule has 1 atom stereocenters. The van der Waals surface area contributed by atoms with Crippen LogP contribution in [0.2, 0.25) is 5.02 Å². The fourth-order valence-electron chi connectivity index (χ4n) is 1.77. The fraction of sp³-hybridized carbons (Fsp3) is 0.154. The second-order valence-electron chi connectivity index (χ2n) is 3.91. The van der Waals surface area contributed by atoms with Gasteiger partial charge >= 0.3 is 0 Å². The number of nitrogens with zero attached hydrogens (tertiary/aromatic N) is 1. The fourth-order valence-corrected chi connectivity index (χ4v) is 1.97. The van der Waals surface area contributed by atoms with Crippen LogP contribution < -0.4 is 5.73 Å². The molecule has 0 aliphatic carbocycles. The molecule has 0 aliphatic heterocycles.